The van der Waals surface area contributed by atoms with E-state index in [2.05, 4.69) is 15.9 Å². The molecule has 3 N–H and O–H groups in total. The molecule has 1 atom stereocenters. The highest BCUT2D eigenvalue weighted by Gasteiger charge is 2.48. The molecule has 0 aromatic heterocycles. The van der Waals surface area contributed by atoms with Gasteiger partial charge in [0.05, 0.1) is 6.54 Å². The zero-order chi connectivity index (χ0) is 11.7. The molecule has 1 aromatic carbocycles. The first-order chi connectivity index (χ1) is 6.81. The number of hydrogen-bond acceptors (Lipinski definition) is 2. The van der Waals surface area contributed by atoms with Gasteiger partial charge in [-0.05, 0) is 24.6 Å². The minimum atomic E-state index is -3.35. The van der Waals surface area contributed by atoms with Gasteiger partial charge in [0, 0.05) is 4.47 Å². The number of nitrogens with two attached hydrogens (primary N) is 1. The summed E-state index contributed by atoms with van der Waals surface area (Å²) in [6.45, 7) is 0.166. The van der Waals surface area contributed by atoms with Gasteiger partial charge in [-0.2, -0.15) is 0 Å². The zero-order valence-electron chi connectivity index (χ0n) is 8.17. The Morgan fingerprint density at radius 1 is 1.33 bits per heavy atom. The molecule has 0 saturated carbocycles. The second-order valence-electron chi connectivity index (χ2n) is 3.49. The van der Waals surface area contributed by atoms with Crippen molar-refractivity contribution in [3.05, 3.63) is 34.3 Å². The summed E-state index contributed by atoms with van der Waals surface area (Å²) >= 11 is 3.19. The van der Waals surface area contributed by atoms with Crippen molar-refractivity contribution in [2.75, 3.05) is 6.54 Å². The molecule has 0 heterocycles. The summed E-state index contributed by atoms with van der Waals surface area (Å²) < 4.78 is 27.4. The monoisotopic (exact) mass is 279 g/mol. The van der Waals surface area contributed by atoms with E-state index < -0.39 is 18.1 Å². The molecule has 1 aromatic rings. The highest BCUT2D eigenvalue weighted by molar-refractivity contribution is 9.10. The first-order valence-electron chi connectivity index (χ1n) is 4.37. The van der Waals surface area contributed by atoms with E-state index >= 15 is 0 Å². The molecule has 0 aliphatic carbocycles. The van der Waals surface area contributed by atoms with Crippen LogP contribution in [-0.4, -0.2) is 17.6 Å². The number of alkyl halides is 2. The number of benzene rings is 1. The summed E-state index contributed by atoms with van der Waals surface area (Å²) in [5.41, 5.74) is 2.83. The van der Waals surface area contributed by atoms with E-state index in [0.717, 1.165) is 11.4 Å². The first kappa shape index (κ1) is 12.5. The lowest BCUT2D eigenvalue weighted by Crippen LogP contribution is -2.48. The summed E-state index contributed by atoms with van der Waals surface area (Å²) in [7, 11) is 0. The fraction of sp³-hybridized carbons (Fsp3) is 0.400. The largest absolute Gasteiger partial charge is 0.379 e. The van der Waals surface area contributed by atoms with Gasteiger partial charge in [-0.25, -0.2) is 8.78 Å². The van der Waals surface area contributed by atoms with Crippen LogP contribution < -0.4 is 5.73 Å². The Labute approximate surface area is 95.2 Å². The van der Waals surface area contributed by atoms with Crippen LogP contribution in [0.15, 0.2) is 28.7 Å². The summed E-state index contributed by atoms with van der Waals surface area (Å²) in [6, 6.07) is 6.06. The normalized spacial score (nSPS) is 16.1. The first-order valence-corrected chi connectivity index (χ1v) is 5.17. The zero-order valence-corrected chi connectivity index (χ0v) is 9.76. The van der Waals surface area contributed by atoms with Crippen LogP contribution in [-0.2, 0) is 5.60 Å². The van der Waals surface area contributed by atoms with Crippen molar-refractivity contribution in [3.8, 4) is 0 Å². The number of halogens is 3. The molecule has 84 valence electrons. The minimum Gasteiger partial charge on any atom is -0.379 e. The van der Waals surface area contributed by atoms with Crippen molar-refractivity contribution in [2.24, 2.45) is 5.73 Å². The van der Waals surface area contributed by atoms with E-state index in [1.807, 2.05) is 0 Å². The SMILES string of the molecule is CC(O)(c1ccc(Br)cc1)C(F)(F)CN. The maximum absolute atomic E-state index is 13.3. The summed E-state index contributed by atoms with van der Waals surface area (Å²) in [5.74, 6) is -3.35. The predicted octanol–water partition coefficient (Wildman–Crippen LogP) is 2.25. The molecule has 0 amide bonds. The molecule has 0 aliphatic rings. The highest BCUT2D eigenvalue weighted by Crippen LogP contribution is 2.36. The van der Waals surface area contributed by atoms with Crippen molar-refractivity contribution in [1.82, 2.24) is 0 Å². The second-order valence-corrected chi connectivity index (χ2v) is 4.40. The van der Waals surface area contributed by atoms with Crippen LogP contribution in [0.2, 0.25) is 0 Å². The number of rotatable bonds is 3. The van der Waals surface area contributed by atoms with Gasteiger partial charge in [0.2, 0.25) is 0 Å². The quantitative estimate of drug-likeness (QED) is 0.892. The molecule has 0 aliphatic heterocycles. The van der Waals surface area contributed by atoms with Gasteiger partial charge in [-0.3, -0.25) is 0 Å². The Hall–Kier alpha value is -0.520. The third-order valence-electron chi connectivity index (χ3n) is 2.37. The molecule has 0 bridgehead atoms. The van der Waals surface area contributed by atoms with E-state index in [1.165, 1.54) is 12.1 Å². The fourth-order valence-electron chi connectivity index (χ4n) is 1.18. The van der Waals surface area contributed by atoms with Crippen LogP contribution >= 0.6 is 15.9 Å². The van der Waals surface area contributed by atoms with Gasteiger partial charge in [0.25, 0.3) is 5.92 Å². The van der Waals surface area contributed by atoms with Crippen molar-refractivity contribution in [2.45, 2.75) is 18.4 Å². The highest BCUT2D eigenvalue weighted by atomic mass is 79.9. The number of hydrogen-bond donors (Lipinski definition) is 2. The third-order valence-corrected chi connectivity index (χ3v) is 2.90. The second kappa shape index (κ2) is 4.15. The van der Waals surface area contributed by atoms with E-state index in [4.69, 9.17) is 5.73 Å². The fourth-order valence-corrected chi connectivity index (χ4v) is 1.45. The molecule has 0 saturated heterocycles. The summed E-state index contributed by atoms with van der Waals surface area (Å²) in [6.07, 6.45) is 0. The average Bonchev–Trinajstić information content (AvgIpc) is 2.18. The molecule has 0 spiro atoms. The van der Waals surface area contributed by atoms with Gasteiger partial charge in [-0.15, -0.1) is 0 Å². The average molecular weight is 280 g/mol. The van der Waals surface area contributed by atoms with Crippen LogP contribution in [0.25, 0.3) is 0 Å². The lowest BCUT2D eigenvalue weighted by molar-refractivity contribution is -0.170. The van der Waals surface area contributed by atoms with Crippen LogP contribution in [0.1, 0.15) is 12.5 Å². The standard InChI is InChI=1S/C10H12BrF2NO/c1-9(15,10(12,13)6-14)7-2-4-8(11)5-3-7/h2-5,15H,6,14H2,1H3. The minimum absolute atomic E-state index is 0.140. The Kier molecular flexibility index (Phi) is 3.48. The molecule has 0 fully saturated rings. The van der Waals surface area contributed by atoms with Crippen LogP contribution in [0, 0.1) is 0 Å². The van der Waals surface area contributed by atoms with Crippen molar-refractivity contribution in [3.63, 3.8) is 0 Å². The van der Waals surface area contributed by atoms with Gasteiger partial charge in [0.15, 0.2) is 5.60 Å². The predicted molar refractivity (Wildman–Crippen MR) is 57.7 cm³/mol. The molecule has 15 heavy (non-hydrogen) atoms. The maximum atomic E-state index is 13.3. The van der Waals surface area contributed by atoms with Crippen molar-refractivity contribution in [1.29, 1.82) is 0 Å². The molecule has 0 radical (unpaired) electrons. The van der Waals surface area contributed by atoms with Crippen molar-refractivity contribution >= 4 is 15.9 Å². The summed E-state index contributed by atoms with van der Waals surface area (Å²) in [4.78, 5) is 0. The van der Waals surface area contributed by atoms with Gasteiger partial charge >= 0.3 is 0 Å². The van der Waals surface area contributed by atoms with E-state index in [9.17, 15) is 13.9 Å². The van der Waals surface area contributed by atoms with Crippen LogP contribution in [0.3, 0.4) is 0 Å². The molecule has 1 unspecified atom stereocenters. The Morgan fingerprint density at radius 2 is 1.80 bits per heavy atom. The molecule has 2 nitrogen and oxygen atoms in total. The Bertz CT molecular complexity index is 338. The molecular weight excluding hydrogens is 268 g/mol. The molecule has 1 rings (SSSR count). The van der Waals surface area contributed by atoms with Crippen molar-refractivity contribution < 1.29 is 13.9 Å². The van der Waals surface area contributed by atoms with Crippen LogP contribution in [0.4, 0.5) is 8.78 Å². The van der Waals surface area contributed by atoms with Gasteiger partial charge < -0.3 is 10.8 Å². The van der Waals surface area contributed by atoms with Gasteiger partial charge in [-0.1, -0.05) is 28.1 Å². The molecular formula is C10H12BrF2NO. The lowest BCUT2D eigenvalue weighted by atomic mass is 9.89. The summed E-state index contributed by atoms with van der Waals surface area (Å²) in [5, 5.41) is 9.76. The van der Waals surface area contributed by atoms with E-state index in [1.54, 1.807) is 12.1 Å². The number of aliphatic hydroxyl groups is 1. The third kappa shape index (κ3) is 2.35. The van der Waals surface area contributed by atoms with E-state index in [-0.39, 0.29) is 5.56 Å². The smallest absolute Gasteiger partial charge is 0.291 e. The maximum Gasteiger partial charge on any atom is 0.291 e. The Balaban J connectivity index is 3.10. The lowest BCUT2D eigenvalue weighted by Gasteiger charge is -2.32. The Morgan fingerprint density at radius 3 is 2.20 bits per heavy atom. The van der Waals surface area contributed by atoms with Crippen LogP contribution in [0.5, 0.6) is 0 Å². The van der Waals surface area contributed by atoms with Gasteiger partial charge in [0.1, 0.15) is 0 Å². The molecule has 5 heteroatoms. The topological polar surface area (TPSA) is 46.2 Å². The van der Waals surface area contributed by atoms with E-state index in [0.29, 0.717) is 0 Å².